The molecule has 11 heteroatoms. The highest BCUT2D eigenvalue weighted by Crippen LogP contribution is 2.37. The molecule has 174 valence electrons. The Balaban J connectivity index is 1.34. The molecule has 4 amide bonds. The van der Waals surface area contributed by atoms with E-state index in [-0.39, 0.29) is 52.9 Å². The summed E-state index contributed by atoms with van der Waals surface area (Å²) < 4.78 is 37.3. The maximum absolute atomic E-state index is 12.8. The molecule has 1 aromatic rings. The van der Waals surface area contributed by atoms with Gasteiger partial charge in [-0.3, -0.25) is 24.5 Å². The Bertz CT molecular complexity index is 1070. The van der Waals surface area contributed by atoms with Crippen LogP contribution in [-0.2, 0) is 14.4 Å². The molecule has 4 rings (SSSR count). The number of amides is 4. The molecule has 0 bridgehead atoms. The molecular formula is C22H20F3N3O4S. The number of thioether (sulfide) groups is 1. The number of likely N-dealkylation sites (tertiary alicyclic amines) is 1. The van der Waals surface area contributed by atoms with Crippen molar-refractivity contribution in [2.45, 2.75) is 35.7 Å². The monoisotopic (exact) mass is 479 g/mol. The number of piperidine rings is 1. The quantitative estimate of drug-likeness (QED) is 0.500. The van der Waals surface area contributed by atoms with E-state index >= 15 is 0 Å². The molecule has 2 N–H and O–H groups in total. The van der Waals surface area contributed by atoms with Gasteiger partial charge in [-0.25, -0.2) is 0 Å². The smallest absolute Gasteiger partial charge is 0.348 e. The molecule has 2 fully saturated rings. The van der Waals surface area contributed by atoms with Crippen molar-refractivity contribution in [1.82, 2.24) is 15.5 Å². The van der Waals surface area contributed by atoms with E-state index in [0.717, 1.165) is 11.1 Å². The van der Waals surface area contributed by atoms with E-state index in [1.807, 2.05) is 12.2 Å². The van der Waals surface area contributed by atoms with Crippen LogP contribution >= 0.6 is 11.8 Å². The predicted molar refractivity (Wildman–Crippen MR) is 113 cm³/mol. The van der Waals surface area contributed by atoms with Gasteiger partial charge in [0.1, 0.15) is 6.04 Å². The summed E-state index contributed by atoms with van der Waals surface area (Å²) in [7, 11) is 0. The second-order valence-electron chi connectivity index (χ2n) is 7.97. The van der Waals surface area contributed by atoms with Crippen LogP contribution in [0.4, 0.5) is 13.2 Å². The van der Waals surface area contributed by atoms with E-state index in [2.05, 4.69) is 10.6 Å². The number of halogens is 3. The minimum atomic E-state index is -4.39. The van der Waals surface area contributed by atoms with Crippen LogP contribution in [0.25, 0.3) is 0 Å². The Labute approximate surface area is 191 Å². The number of hydrogen-bond acceptors (Lipinski definition) is 5. The van der Waals surface area contributed by atoms with Crippen LogP contribution in [0.5, 0.6) is 0 Å². The van der Waals surface area contributed by atoms with Crippen LogP contribution in [0.1, 0.15) is 29.6 Å². The normalized spacial score (nSPS) is 23.0. The number of carbonyl (C=O) groups is 4. The molecule has 1 aromatic carbocycles. The number of fused-ring (bicyclic) bond motifs is 1. The fraction of sp³-hybridized carbons (Fsp3) is 0.364. The molecule has 0 spiro atoms. The van der Waals surface area contributed by atoms with Crippen LogP contribution < -0.4 is 10.6 Å². The van der Waals surface area contributed by atoms with Gasteiger partial charge < -0.3 is 10.2 Å². The van der Waals surface area contributed by atoms with Crippen LogP contribution in [0.2, 0.25) is 0 Å². The Kier molecular flexibility index (Phi) is 6.33. The summed E-state index contributed by atoms with van der Waals surface area (Å²) in [6.07, 6.45) is 4.62. The highest BCUT2D eigenvalue weighted by molar-refractivity contribution is 8.00. The zero-order valence-corrected chi connectivity index (χ0v) is 18.1. The zero-order chi connectivity index (χ0) is 23.8. The number of carbonyl (C=O) groups excluding carboxylic acids is 4. The summed E-state index contributed by atoms with van der Waals surface area (Å²) in [5, 5.41) is 5.00. The number of nitrogens with zero attached hydrogens (tertiary/aromatic N) is 1. The van der Waals surface area contributed by atoms with Crippen LogP contribution in [0, 0.1) is 5.92 Å². The molecule has 0 radical (unpaired) electrons. The van der Waals surface area contributed by atoms with Gasteiger partial charge in [0.15, 0.2) is 0 Å². The highest BCUT2D eigenvalue weighted by Gasteiger charge is 2.43. The number of alkyl halides is 3. The zero-order valence-electron chi connectivity index (χ0n) is 17.3. The van der Waals surface area contributed by atoms with Gasteiger partial charge in [0.2, 0.25) is 17.7 Å². The molecule has 2 unspecified atom stereocenters. The summed E-state index contributed by atoms with van der Waals surface area (Å²) in [5.74, 6) is -1.72. The van der Waals surface area contributed by atoms with E-state index in [9.17, 15) is 32.3 Å². The fourth-order valence-corrected chi connectivity index (χ4v) is 4.71. The van der Waals surface area contributed by atoms with E-state index in [4.69, 9.17) is 0 Å². The number of allylic oxidation sites excluding steroid dienone is 1. The van der Waals surface area contributed by atoms with Crippen molar-refractivity contribution in [2.24, 2.45) is 5.92 Å². The summed E-state index contributed by atoms with van der Waals surface area (Å²) >= 11 is -0.245. The molecule has 7 nitrogen and oxygen atoms in total. The van der Waals surface area contributed by atoms with E-state index < -0.39 is 23.4 Å². The molecule has 2 heterocycles. The van der Waals surface area contributed by atoms with E-state index in [1.165, 1.54) is 29.2 Å². The minimum absolute atomic E-state index is 0.00344. The number of rotatable bonds is 5. The van der Waals surface area contributed by atoms with Crippen LogP contribution in [-0.4, -0.2) is 53.2 Å². The second-order valence-corrected chi connectivity index (χ2v) is 9.11. The summed E-state index contributed by atoms with van der Waals surface area (Å²) in [6.45, 7) is 0.486. The SMILES string of the molecule is O=C1CCC(N2CC3=CC(CNC(=O)c4ccc(SC(F)(F)F)cc4)=CCC3C2=O)C(=O)N1. The lowest BCUT2D eigenvalue weighted by molar-refractivity contribution is -0.144. The Morgan fingerprint density at radius 2 is 1.91 bits per heavy atom. The Morgan fingerprint density at radius 3 is 2.58 bits per heavy atom. The molecule has 3 aliphatic rings. The average molecular weight is 479 g/mol. The topological polar surface area (TPSA) is 95.6 Å². The van der Waals surface area contributed by atoms with Gasteiger partial charge in [0, 0.05) is 30.0 Å². The third-order valence-corrected chi connectivity index (χ3v) is 6.50. The van der Waals surface area contributed by atoms with Crippen molar-refractivity contribution in [3.8, 4) is 0 Å². The third-order valence-electron chi connectivity index (χ3n) is 5.76. The first-order valence-electron chi connectivity index (χ1n) is 10.3. The minimum Gasteiger partial charge on any atom is -0.348 e. The number of hydrogen-bond donors (Lipinski definition) is 2. The van der Waals surface area contributed by atoms with Gasteiger partial charge in [-0.15, -0.1) is 0 Å². The first-order valence-corrected chi connectivity index (χ1v) is 11.1. The Hall–Kier alpha value is -3.08. The van der Waals surface area contributed by atoms with E-state index in [1.54, 1.807) is 0 Å². The van der Waals surface area contributed by atoms with Gasteiger partial charge in [-0.2, -0.15) is 13.2 Å². The molecule has 33 heavy (non-hydrogen) atoms. The lowest BCUT2D eigenvalue weighted by Gasteiger charge is -2.29. The largest absolute Gasteiger partial charge is 0.446 e. The molecule has 2 aliphatic heterocycles. The van der Waals surface area contributed by atoms with Crippen molar-refractivity contribution < 1.29 is 32.3 Å². The second kappa shape index (κ2) is 9.05. The van der Waals surface area contributed by atoms with Crippen LogP contribution in [0.15, 0.2) is 52.5 Å². The average Bonchev–Trinajstić information content (AvgIpc) is 3.07. The first-order chi connectivity index (χ1) is 15.6. The third kappa shape index (κ3) is 5.29. The summed E-state index contributed by atoms with van der Waals surface area (Å²) in [6, 6.07) is 4.49. The number of benzene rings is 1. The standard InChI is InChI=1S/C22H20F3N3O4S/c23-22(24,25)33-15-4-2-13(3-5-15)19(30)26-10-12-1-6-16-14(9-12)11-28(21(16)32)17-7-8-18(29)27-20(17)31/h1-5,9,16-17H,6-8,10-11H2,(H,26,30)(H,27,29,31). The van der Waals surface area contributed by atoms with Crippen molar-refractivity contribution in [3.63, 3.8) is 0 Å². The lowest BCUT2D eigenvalue weighted by atomic mass is 9.90. The predicted octanol–water partition coefficient (Wildman–Crippen LogP) is 2.55. The number of nitrogens with one attached hydrogen (secondary N) is 2. The van der Waals surface area contributed by atoms with Crippen molar-refractivity contribution >= 4 is 35.4 Å². The maximum atomic E-state index is 12.8. The summed E-state index contributed by atoms with van der Waals surface area (Å²) in [5.41, 5.74) is -2.50. The number of imide groups is 1. The molecule has 2 atom stereocenters. The van der Waals surface area contributed by atoms with Crippen LogP contribution in [0.3, 0.4) is 0 Å². The fourth-order valence-electron chi connectivity index (χ4n) is 4.17. The highest BCUT2D eigenvalue weighted by atomic mass is 32.2. The summed E-state index contributed by atoms with van der Waals surface area (Å²) in [4.78, 5) is 50.2. The first kappa shape index (κ1) is 23.1. The van der Waals surface area contributed by atoms with Gasteiger partial charge in [0.05, 0.1) is 5.92 Å². The molecular weight excluding hydrogens is 459 g/mol. The van der Waals surface area contributed by atoms with Gasteiger partial charge in [-0.05, 0) is 60.0 Å². The maximum Gasteiger partial charge on any atom is 0.446 e. The molecule has 0 saturated carbocycles. The lowest BCUT2D eigenvalue weighted by Crippen LogP contribution is -2.53. The molecule has 2 saturated heterocycles. The van der Waals surface area contributed by atoms with Crippen molar-refractivity contribution in [3.05, 3.63) is 53.1 Å². The Morgan fingerprint density at radius 1 is 1.18 bits per heavy atom. The molecule has 1 aliphatic carbocycles. The van der Waals surface area contributed by atoms with Crippen molar-refractivity contribution in [1.29, 1.82) is 0 Å². The van der Waals surface area contributed by atoms with Gasteiger partial charge in [0.25, 0.3) is 5.91 Å². The molecule has 0 aromatic heterocycles. The van der Waals surface area contributed by atoms with Gasteiger partial charge >= 0.3 is 5.51 Å². The van der Waals surface area contributed by atoms with Gasteiger partial charge in [-0.1, -0.05) is 12.2 Å². The van der Waals surface area contributed by atoms with E-state index in [0.29, 0.717) is 19.4 Å². The van der Waals surface area contributed by atoms with Crippen molar-refractivity contribution in [2.75, 3.05) is 13.1 Å².